The number of ether oxygens (including phenoxy) is 9. The lowest BCUT2D eigenvalue weighted by Gasteiger charge is -2.10. The van der Waals surface area contributed by atoms with Gasteiger partial charge in [0, 0.05) is 12.2 Å². The molecule has 15 heteroatoms. The van der Waals surface area contributed by atoms with Crippen LogP contribution in [0.15, 0.2) is 171 Å². The summed E-state index contributed by atoms with van der Waals surface area (Å²) in [5, 5.41) is 0. The molecular weight excluding hydrogens is 889 g/mol. The third-order valence-corrected chi connectivity index (χ3v) is 9.52. The van der Waals surface area contributed by atoms with Crippen LogP contribution in [0.2, 0.25) is 0 Å². The van der Waals surface area contributed by atoms with Gasteiger partial charge < -0.3 is 42.6 Å². The second kappa shape index (κ2) is 25.6. The maximum atomic E-state index is 12.8. The van der Waals surface area contributed by atoms with Gasteiger partial charge in [0.15, 0.2) is 0 Å². The average molecular weight is 935 g/mol. The minimum absolute atomic E-state index is 0.233. The number of unbranched alkanes of at least 4 members (excludes halogenated alkanes) is 2. The Bertz CT molecular complexity index is 2500. The summed E-state index contributed by atoms with van der Waals surface area (Å²) in [5.41, 5.74) is 1.08. The fourth-order valence-electron chi connectivity index (χ4n) is 5.90. The molecule has 0 N–H and O–H groups in total. The standard InChI is InChI=1S/C54H46O15/c1-3-49(55)63-35-7-5-33-61-41-17-9-37(10-18-41)51(57)66-45-21-13-39(14-22-45)53(59)68-47-29-25-43(26-30-47)65-44-27-31-48(32-28-44)69-54(60)40-15-23-46(24-16-40)67-52(58)38-11-19-42(20-12-38)62-34-6-8-36-64-50(56)4-2/h3-4,9-32H,1-2,5-8,33-36H2. The van der Waals surface area contributed by atoms with Crippen molar-refractivity contribution in [3.05, 3.63) is 193 Å². The van der Waals surface area contributed by atoms with Crippen LogP contribution in [0.1, 0.15) is 67.1 Å². The van der Waals surface area contributed by atoms with Gasteiger partial charge in [-0.1, -0.05) is 13.2 Å². The molecule has 0 radical (unpaired) electrons. The van der Waals surface area contributed by atoms with Crippen molar-refractivity contribution in [2.45, 2.75) is 25.7 Å². The number of hydrogen-bond acceptors (Lipinski definition) is 15. The molecule has 0 bridgehead atoms. The number of carbonyl (C=O) groups excluding carboxylic acids is 6. The Kier molecular flexibility index (Phi) is 18.4. The van der Waals surface area contributed by atoms with Crippen molar-refractivity contribution in [2.24, 2.45) is 0 Å². The molecule has 69 heavy (non-hydrogen) atoms. The van der Waals surface area contributed by atoms with Crippen molar-refractivity contribution in [2.75, 3.05) is 26.4 Å². The zero-order valence-electron chi connectivity index (χ0n) is 37.2. The summed E-state index contributed by atoms with van der Waals surface area (Å²) < 4.78 is 49.0. The van der Waals surface area contributed by atoms with Crippen molar-refractivity contribution in [3.63, 3.8) is 0 Å². The van der Waals surface area contributed by atoms with Gasteiger partial charge in [-0.15, -0.1) is 0 Å². The van der Waals surface area contributed by atoms with Gasteiger partial charge in [-0.05, 0) is 171 Å². The van der Waals surface area contributed by atoms with Crippen molar-refractivity contribution < 1.29 is 71.4 Å². The van der Waals surface area contributed by atoms with E-state index in [0.717, 1.165) is 12.2 Å². The van der Waals surface area contributed by atoms with E-state index in [0.29, 0.717) is 73.0 Å². The summed E-state index contributed by atoms with van der Waals surface area (Å²) >= 11 is 0. The van der Waals surface area contributed by atoms with Gasteiger partial charge in [0.25, 0.3) is 0 Å². The molecule has 0 aliphatic heterocycles. The van der Waals surface area contributed by atoms with Crippen LogP contribution in [0.4, 0.5) is 0 Å². The van der Waals surface area contributed by atoms with Crippen molar-refractivity contribution in [1.82, 2.24) is 0 Å². The second-order valence-corrected chi connectivity index (χ2v) is 14.6. The summed E-state index contributed by atoms with van der Waals surface area (Å²) in [7, 11) is 0. The van der Waals surface area contributed by atoms with Crippen LogP contribution in [0.3, 0.4) is 0 Å². The van der Waals surface area contributed by atoms with Crippen LogP contribution >= 0.6 is 0 Å². The van der Waals surface area contributed by atoms with Gasteiger partial charge in [-0.2, -0.15) is 0 Å². The lowest BCUT2D eigenvalue weighted by Crippen LogP contribution is -2.10. The predicted octanol–water partition coefficient (Wildman–Crippen LogP) is 10.1. The van der Waals surface area contributed by atoms with E-state index in [9.17, 15) is 28.8 Å². The molecule has 0 atom stereocenters. The van der Waals surface area contributed by atoms with E-state index < -0.39 is 35.8 Å². The molecule has 0 aromatic heterocycles. The molecule has 0 aliphatic rings. The van der Waals surface area contributed by atoms with E-state index in [1.807, 2.05) is 0 Å². The molecule has 0 saturated heterocycles. The highest BCUT2D eigenvalue weighted by molar-refractivity contribution is 5.94. The monoisotopic (exact) mass is 934 g/mol. The summed E-state index contributed by atoms with van der Waals surface area (Å²) in [6.45, 7) is 8.08. The maximum absolute atomic E-state index is 12.8. The normalized spacial score (nSPS) is 10.4. The Morgan fingerprint density at radius 1 is 0.319 bits per heavy atom. The highest BCUT2D eigenvalue weighted by Crippen LogP contribution is 2.27. The summed E-state index contributed by atoms with van der Waals surface area (Å²) in [6, 6.07) is 37.6. The molecule has 352 valence electrons. The number of esters is 6. The van der Waals surface area contributed by atoms with Crippen LogP contribution in [0.5, 0.6) is 46.0 Å². The van der Waals surface area contributed by atoms with E-state index in [4.69, 9.17) is 42.6 Å². The van der Waals surface area contributed by atoms with Gasteiger partial charge in [-0.25, -0.2) is 28.8 Å². The Morgan fingerprint density at radius 2 is 0.551 bits per heavy atom. The molecule has 0 amide bonds. The second-order valence-electron chi connectivity index (χ2n) is 14.6. The summed E-state index contributed by atoms with van der Waals surface area (Å²) in [6.07, 6.45) is 4.85. The van der Waals surface area contributed by atoms with Gasteiger partial charge in [0.1, 0.15) is 46.0 Å². The molecular formula is C54H46O15. The van der Waals surface area contributed by atoms with E-state index in [-0.39, 0.29) is 47.3 Å². The third-order valence-electron chi connectivity index (χ3n) is 9.52. The molecule has 0 fully saturated rings. The Hall–Kier alpha value is -8.98. The minimum Gasteiger partial charge on any atom is -0.494 e. The van der Waals surface area contributed by atoms with Crippen molar-refractivity contribution in [3.8, 4) is 46.0 Å². The van der Waals surface area contributed by atoms with E-state index in [1.165, 1.54) is 48.5 Å². The Labute approximate surface area is 397 Å². The lowest BCUT2D eigenvalue weighted by molar-refractivity contribution is -0.138. The van der Waals surface area contributed by atoms with E-state index >= 15 is 0 Å². The molecule has 0 saturated carbocycles. The number of rotatable bonds is 24. The number of carbonyl (C=O) groups is 6. The summed E-state index contributed by atoms with van der Waals surface area (Å²) in [4.78, 5) is 73.2. The quantitative estimate of drug-likeness (QED) is 0.0241. The molecule has 6 aromatic rings. The van der Waals surface area contributed by atoms with Crippen molar-refractivity contribution >= 4 is 35.8 Å². The highest BCUT2D eigenvalue weighted by Gasteiger charge is 2.15. The fraction of sp³-hybridized carbons (Fsp3) is 0.148. The largest absolute Gasteiger partial charge is 0.494 e. The average Bonchev–Trinajstić information content (AvgIpc) is 3.37. The molecule has 6 aromatic carbocycles. The zero-order chi connectivity index (χ0) is 48.8. The number of benzene rings is 6. The third kappa shape index (κ3) is 16.1. The first-order valence-electron chi connectivity index (χ1n) is 21.6. The molecule has 6 rings (SSSR count). The molecule has 15 nitrogen and oxygen atoms in total. The van der Waals surface area contributed by atoms with Crippen LogP contribution in [0, 0.1) is 0 Å². The first-order valence-corrected chi connectivity index (χ1v) is 21.6. The first-order chi connectivity index (χ1) is 33.5. The SMILES string of the molecule is C=CC(=O)OCCCCOc1ccc(C(=O)Oc2ccc(C(=O)Oc3ccc(Oc4ccc(OC(=O)c5ccc(OC(=O)c6ccc(OCCCCOC(=O)C=C)cc6)cc5)cc4)cc3)cc2)cc1. The number of hydrogen-bond donors (Lipinski definition) is 0. The highest BCUT2D eigenvalue weighted by atomic mass is 16.6. The lowest BCUT2D eigenvalue weighted by atomic mass is 10.2. The fourth-order valence-corrected chi connectivity index (χ4v) is 5.90. The first kappa shape index (κ1) is 49.5. The van der Waals surface area contributed by atoms with Crippen LogP contribution in [0.25, 0.3) is 0 Å². The van der Waals surface area contributed by atoms with Gasteiger partial charge in [0.05, 0.1) is 48.7 Å². The molecule has 0 heterocycles. The minimum atomic E-state index is -0.624. The predicted molar refractivity (Wildman–Crippen MR) is 250 cm³/mol. The van der Waals surface area contributed by atoms with Gasteiger partial charge >= 0.3 is 35.8 Å². The molecule has 0 unspecified atom stereocenters. The molecule has 0 aliphatic carbocycles. The van der Waals surface area contributed by atoms with E-state index in [1.54, 1.807) is 97.1 Å². The Morgan fingerprint density at radius 3 is 0.826 bits per heavy atom. The van der Waals surface area contributed by atoms with Crippen LogP contribution in [-0.2, 0) is 19.1 Å². The topological polar surface area (TPSA) is 185 Å². The maximum Gasteiger partial charge on any atom is 0.343 e. The van der Waals surface area contributed by atoms with E-state index in [2.05, 4.69) is 13.2 Å². The van der Waals surface area contributed by atoms with Crippen LogP contribution in [-0.4, -0.2) is 62.2 Å². The zero-order valence-corrected chi connectivity index (χ0v) is 37.2. The van der Waals surface area contributed by atoms with Crippen LogP contribution < -0.4 is 33.2 Å². The van der Waals surface area contributed by atoms with Crippen molar-refractivity contribution in [1.29, 1.82) is 0 Å². The van der Waals surface area contributed by atoms with Gasteiger partial charge in [-0.3, -0.25) is 0 Å². The summed E-state index contributed by atoms with van der Waals surface area (Å²) in [5.74, 6) is -0.299. The smallest absolute Gasteiger partial charge is 0.343 e. The van der Waals surface area contributed by atoms with Gasteiger partial charge in [0.2, 0.25) is 0 Å². The molecule has 0 spiro atoms. The Balaban J connectivity index is 0.881.